The molecule has 2 rings (SSSR count). The lowest BCUT2D eigenvalue weighted by molar-refractivity contribution is 0.0545. The summed E-state index contributed by atoms with van der Waals surface area (Å²) in [5.41, 5.74) is 0. The fourth-order valence-electron chi connectivity index (χ4n) is 3.53. The molecule has 2 heteroatoms. The van der Waals surface area contributed by atoms with E-state index in [0.717, 1.165) is 11.8 Å². The number of rotatable bonds is 3. The first-order valence-corrected chi connectivity index (χ1v) is 7.24. The Morgan fingerprint density at radius 2 is 1.13 bits per heavy atom. The summed E-state index contributed by atoms with van der Waals surface area (Å²) in [5.74, 6) is 1.72. The van der Waals surface area contributed by atoms with Gasteiger partial charge in [-0.1, -0.05) is 38.5 Å². The summed E-state index contributed by atoms with van der Waals surface area (Å²) in [4.78, 5) is 0. The Hall–Kier alpha value is 0.390. The third-order valence-corrected chi connectivity index (χ3v) is 4.70. The average molecular weight is 228 g/mol. The van der Waals surface area contributed by atoms with Gasteiger partial charge in [-0.15, -0.1) is 0 Å². The standard InChI is InChI=1S/C13H25OP/c15-14-13(11-7-3-1-4-8-11)12-9-5-2-6-10-12/h11-13H,1-10,15H2. The molecule has 0 heterocycles. The molecule has 1 unspecified atom stereocenters. The Labute approximate surface area is 96.6 Å². The van der Waals surface area contributed by atoms with Crippen molar-refractivity contribution < 1.29 is 4.52 Å². The van der Waals surface area contributed by atoms with Crippen molar-refractivity contribution in [1.82, 2.24) is 0 Å². The highest BCUT2D eigenvalue weighted by atomic mass is 31.0. The highest BCUT2D eigenvalue weighted by Gasteiger charge is 2.31. The molecule has 1 nitrogen and oxygen atoms in total. The van der Waals surface area contributed by atoms with Crippen LogP contribution in [-0.2, 0) is 4.52 Å². The molecule has 1 atom stereocenters. The highest BCUT2D eigenvalue weighted by Crippen LogP contribution is 2.38. The van der Waals surface area contributed by atoms with Gasteiger partial charge in [-0.3, -0.25) is 0 Å². The topological polar surface area (TPSA) is 9.23 Å². The van der Waals surface area contributed by atoms with Gasteiger partial charge in [-0.25, -0.2) is 0 Å². The van der Waals surface area contributed by atoms with Gasteiger partial charge in [0.05, 0.1) is 6.10 Å². The minimum atomic E-state index is 0.551. The first-order valence-electron chi connectivity index (χ1n) is 6.77. The van der Waals surface area contributed by atoms with Crippen molar-refractivity contribution in [2.75, 3.05) is 0 Å². The lowest BCUT2D eigenvalue weighted by Gasteiger charge is -2.36. The fraction of sp³-hybridized carbons (Fsp3) is 1.00. The molecule has 0 aromatic rings. The van der Waals surface area contributed by atoms with Crippen molar-refractivity contribution in [2.45, 2.75) is 70.3 Å². The lowest BCUT2D eigenvalue weighted by Crippen LogP contribution is -2.32. The van der Waals surface area contributed by atoms with E-state index in [2.05, 4.69) is 9.47 Å². The van der Waals surface area contributed by atoms with Gasteiger partial charge in [0.25, 0.3) is 0 Å². The van der Waals surface area contributed by atoms with E-state index >= 15 is 0 Å². The van der Waals surface area contributed by atoms with Crippen LogP contribution in [0.3, 0.4) is 0 Å². The van der Waals surface area contributed by atoms with Gasteiger partial charge >= 0.3 is 0 Å². The molecule has 0 aromatic carbocycles. The summed E-state index contributed by atoms with van der Waals surface area (Å²) < 4.78 is 5.75. The van der Waals surface area contributed by atoms with Gasteiger partial charge in [0.2, 0.25) is 0 Å². The van der Waals surface area contributed by atoms with E-state index in [1.807, 2.05) is 0 Å². The van der Waals surface area contributed by atoms with Crippen LogP contribution >= 0.6 is 9.47 Å². The zero-order chi connectivity index (χ0) is 10.5. The SMILES string of the molecule is POC(C1CCCCC1)C1CCCCC1. The first-order chi connectivity index (χ1) is 7.42. The Balaban J connectivity index is 1.88. The molecule has 0 spiro atoms. The monoisotopic (exact) mass is 228 g/mol. The van der Waals surface area contributed by atoms with Crippen molar-refractivity contribution >= 4 is 9.47 Å². The smallest absolute Gasteiger partial charge is 0.0667 e. The molecular formula is C13H25OP. The Morgan fingerprint density at radius 3 is 1.47 bits per heavy atom. The third-order valence-electron chi connectivity index (χ3n) is 4.39. The van der Waals surface area contributed by atoms with Crippen molar-refractivity contribution in [3.63, 3.8) is 0 Å². The van der Waals surface area contributed by atoms with E-state index in [1.165, 1.54) is 64.2 Å². The molecular weight excluding hydrogens is 203 g/mol. The van der Waals surface area contributed by atoms with E-state index in [0.29, 0.717) is 6.10 Å². The Morgan fingerprint density at radius 1 is 0.733 bits per heavy atom. The van der Waals surface area contributed by atoms with E-state index in [-0.39, 0.29) is 0 Å². The second kappa shape index (κ2) is 6.21. The fourth-order valence-corrected chi connectivity index (χ4v) is 3.98. The van der Waals surface area contributed by atoms with Gasteiger partial charge in [0.1, 0.15) is 0 Å². The van der Waals surface area contributed by atoms with Gasteiger partial charge in [0, 0.05) is 9.47 Å². The molecule has 0 bridgehead atoms. The maximum absolute atomic E-state index is 5.75. The van der Waals surface area contributed by atoms with Crippen LogP contribution in [0.1, 0.15) is 64.2 Å². The summed E-state index contributed by atoms with van der Waals surface area (Å²) >= 11 is 0. The zero-order valence-electron chi connectivity index (χ0n) is 9.79. The second-order valence-corrected chi connectivity index (χ2v) is 5.67. The molecule has 15 heavy (non-hydrogen) atoms. The molecule has 0 saturated heterocycles. The molecule has 2 aliphatic rings. The van der Waals surface area contributed by atoms with Gasteiger partial charge in [0.15, 0.2) is 0 Å². The summed E-state index contributed by atoms with van der Waals surface area (Å²) in [7, 11) is 2.54. The summed E-state index contributed by atoms with van der Waals surface area (Å²) in [6.45, 7) is 0. The van der Waals surface area contributed by atoms with E-state index in [4.69, 9.17) is 4.52 Å². The van der Waals surface area contributed by atoms with Crippen LogP contribution in [0.5, 0.6) is 0 Å². The quantitative estimate of drug-likeness (QED) is 0.653. The molecule has 0 radical (unpaired) electrons. The number of hydrogen-bond acceptors (Lipinski definition) is 1. The average Bonchev–Trinajstić information content (AvgIpc) is 2.33. The van der Waals surface area contributed by atoms with Crippen LogP contribution in [0.25, 0.3) is 0 Å². The normalized spacial score (nSPS) is 26.0. The first kappa shape index (κ1) is 11.9. The molecule has 0 N–H and O–H groups in total. The van der Waals surface area contributed by atoms with Crippen molar-refractivity contribution in [3.05, 3.63) is 0 Å². The Kier molecular flexibility index (Phi) is 4.91. The summed E-state index contributed by atoms with van der Waals surface area (Å²) in [6.07, 6.45) is 14.8. The predicted molar refractivity (Wildman–Crippen MR) is 67.7 cm³/mol. The molecule has 2 aliphatic carbocycles. The minimum absolute atomic E-state index is 0.551. The minimum Gasteiger partial charge on any atom is -0.362 e. The lowest BCUT2D eigenvalue weighted by atomic mass is 9.75. The zero-order valence-corrected chi connectivity index (χ0v) is 10.9. The van der Waals surface area contributed by atoms with Crippen LogP contribution in [0, 0.1) is 11.8 Å². The summed E-state index contributed by atoms with van der Waals surface area (Å²) in [6, 6.07) is 0. The van der Waals surface area contributed by atoms with Crippen LogP contribution < -0.4 is 0 Å². The summed E-state index contributed by atoms with van der Waals surface area (Å²) in [5, 5.41) is 0. The van der Waals surface area contributed by atoms with Crippen molar-refractivity contribution in [3.8, 4) is 0 Å². The largest absolute Gasteiger partial charge is 0.362 e. The van der Waals surface area contributed by atoms with Gasteiger partial charge < -0.3 is 4.52 Å². The molecule has 0 aromatic heterocycles. The van der Waals surface area contributed by atoms with E-state index < -0.39 is 0 Å². The van der Waals surface area contributed by atoms with Crippen LogP contribution in [0.15, 0.2) is 0 Å². The second-order valence-electron chi connectivity index (χ2n) is 5.40. The van der Waals surface area contributed by atoms with Crippen LogP contribution in [0.2, 0.25) is 0 Å². The Bertz CT molecular complexity index is 153. The van der Waals surface area contributed by atoms with Crippen LogP contribution in [-0.4, -0.2) is 6.10 Å². The number of hydrogen-bond donors (Lipinski definition) is 0. The van der Waals surface area contributed by atoms with Crippen molar-refractivity contribution in [1.29, 1.82) is 0 Å². The maximum Gasteiger partial charge on any atom is 0.0667 e. The molecule has 0 amide bonds. The molecule has 2 fully saturated rings. The molecule has 0 aliphatic heterocycles. The predicted octanol–water partition coefficient (Wildman–Crippen LogP) is 4.32. The van der Waals surface area contributed by atoms with E-state index in [9.17, 15) is 0 Å². The van der Waals surface area contributed by atoms with Crippen molar-refractivity contribution in [2.24, 2.45) is 11.8 Å². The third kappa shape index (κ3) is 3.17. The van der Waals surface area contributed by atoms with Crippen LogP contribution in [0.4, 0.5) is 0 Å². The highest BCUT2D eigenvalue weighted by molar-refractivity contribution is 7.09. The maximum atomic E-state index is 5.75. The molecule has 2 saturated carbocycles. The van der Waals surface area contributed by atoms with Gasteiger partial charge in [-0.05, 0) is 37.5 Å². The van der Waals surface area contributed by atoms with Gasteiger partial charge in [-0.2, -0.15) is 0 Å². The molecule has 88 valence electrons. The van der Waals surface area contributed by atoms with E-state index in [1.54, 1.807) is 0 Å².